The van der Waals surface area contributed by atoms with Crippen molar-refractivity contribution in [3.8, 4) is 0 Å². The SMILES string of the molecule is Cc1cccc(N=O)c1C(=O)OC(=O)c1c(C)cccc1N=O.O.O. The van der Waals surface area contributed by atoms with E-state index in [0.29, 0.717) is 11.1 Å². The quantitative estimate of drug-likeness (QED) is 0.469. The lowest BCUT2D eigenvalue weighted by molar-refractivity contribution is 0.0398. The Hall–Kier alpha value is -3.30. The van der Waals surface area contributed by atoms with E-state index in [4.69, 9.17) is 4.74 Å². The highest BCUT2D eigenvalue weighted by molar-refractivity contribution is 6.07. The van der Waals surface area contributed by atoms with Crippen LogP contribution < -0.4 is 0 Å². The van der Waals surface area contributed by atoms with E-state index in [0.717, 1.165) is 0 Å². The Bertz CT molecular complexity index is 751. The van der Waals surface area contributed by atoms with Gasteiger partial charge >= 0.3 is 11.9 Å². The first kappa shape index (κ1) is 21.7. The molecule has 0 unspecified atom stereocenters. The molecule has 0 spiro atoms. The predicted molar refractivity (Wildman–Crippen MR) is 90.2 cm³/mol. The van der Waals surface area contributed by atoms with Crippen LogP contribution in [0.15, 0.2) is 46.8 Å². The van der Waals surface area contributed by atoms with Crippen molar-refractivity contribution in [2.45, 2.75) is 13.8 Å². The molecule has 2 aromatic rings. The normalized spacial score (nSPS) is 9.20. The number of rotatable bonds is 4. The molecule has 25 heavy (non-hydrogen) atoms. The van der Waals surface area contributed by atoms with Crippen molar-refractivity contribution < 1.29 is 25.3 Å². The van der Waals surface area contributed by atoms with Crippen LogP contribution in [-0.4, -0.2) is 22.9 Å². The lowest BCUT2D eigenvalue weighted by atomic mass is 10.1. The molecule has 132 valence electrons. The summed E-state index contributed by atoms with van der Waals surface area (Å²) < 4.78 is 4.79. The highest BCUT2D eigenvalue weighted by Gasteiger charge is 2.23. The highest BCUT2D eigenvalue weighted by Crippen LogP contribution is 2.26. The molecule has 2 aromatic carbocycles. The van der Waals surface area contributed by atoms with E-state index < -0.39 is 11.9 Å². The zero-order valence-corrected chi connectivity index (χ0v) is 13.4. The molecule has 0 atom stereocenters. The lowest BCUT2D eigenvalue weighted by Crippen LogP contribution is -2.15. The number of carbonyl (C=O) groups excluding carboxylic acids is 2. The third-order valence-corrected chi connectivity index (χ3v) is 3.29. The van der Waals surface area contributed by atoms with Crippen LogP contribution in [0.4, 0.5) is 11.4 Å². The van der Waals surface area contributed by atoms with E-state index >= 15 is 0 Å². The molecule has 0 fully saturated rings. The average Bonchev–Trinajstić information content (AvgIpc) is 2.53. The maximum absolute atomic E-state index is 12.2. The molecule has 0 aliphatic rings. The zero-order chi connectivity index (χ0) is 17.0. The van der Waals surface area contributed by atoms with Gasteiger partial charge in [-0.3, -0.25) is 0 Å². The first-order valence-electron chi connectivity index (χ1n) is 6.62. The van der Waals surface area contributed by atoms with Gasteiger partial charge in [0.25, 0.3) is 0 Å². The number of carbonyl (C=O) groups is 2. The van der Waals surface area contributed by atoms with Crippen LogP contribution in [0.2, 0.25) is 0 Å². The number of esters is 2. The monoisotopic (exact) mass is 348 g/mol. The molecule has 0 amide bonds. The average molecular weight is 348 g/mol. The van der Waals surface area contributed by atoms with Crippen LogP contribution in [0.1, 0.15) is 31.8 Å². The summed E-state index contributed by atoms with van der Waals surface area (Å²) in [6.07, 6.45) is 0. The minimum absolute atomic E-state index is 0. The maximum atomic E-state index is 12.2. The molecule has 0 bridgehead atoms. The standard InChI is InChI=1S/C16H12N2O5.2H2O/c1-9-5-3-7-11(17-21)13(9)15(19)23-16(20)14-10(2)6-4-8-12(14)18-22;;/h3-8H,1-2H3;2*1H2. The number of hydrogen-bond donors (Lipinski definition) is 0. The second kappa shape index (κ2) is 9.11. The fraction of sp³-hybridized carbons (Fsp3) is 0.125. The van der Waals surface area contributed by atoms with Gasteiger partial charge in [0, 0.05) is 0 Å². The minimum Gasteiger partial charge on any atom is -0.412 e. The van der Waals surface area contributed by atoms with Crippen molar-refractivity contribution in [2.75, 3.05) is 0 Å². The van der Waals surface area contributed by atoms with Crippen molar-refractivity contribution >= 4 is 23.3 Å². The summed E-state index contributed by atoms with van der Waals surface area (Å²) in [5, 5.41) is 5.51. The lowest BCUT2D eigenvalue weighted by Gasteiger charge is -2.09. The van der Waals surface area contributed by atoms with E-state index in [1.807, 2.05) is 0 Å². The van der Waals surface area contributed by atoms with Crippen LogP contribution in [0.25, 0.3) is 0 Å². The number of nitroso groups, excluding NO2 is 2. The minimum atomic E-state index is -1.01. The smallest absolute Gasteiger partial charge is 0.348 e. The van der Waals surface area contributed by atoms with Crippen LogP contribution >= 0.6 is 0 Å². The summed E-state index contributed by atoms with van der Waals surface area (Å²) in [6.45, 7) is 3.17. The van der Waals surface area contributed by atoms with E-state index in [9.17, 15) is 19.4 Å². The van der Waals surface area contributed by atoms with Gasteiger partial charge in [-0.05, 0) is 47.5 Å². The van der Waals surface area contributed by atoms with Gasteiger partial charge in [-0.25, -0.2) is 9.59 Å². The number of ether oxygens (including phenoxy) is 1. The fourth-order valence-electron chi connectivity index (χ4n) is 2.17. The molecule has 0 aliphatic heterocycles. The maximum Gasteiger partial charge on any atom is 0.348 e. The summed E-state index contributed by atoms with van der Waals surface area (Å²) in [5.74, 6) is -2.02. The number of nitrogens with zero attached hydrogens (tertiary/aromatic N) is 2. The second-order valence-electron chi connectivity index (χ2n) is 4.80. The van der Waals surface area contributed by atoms with Crippen LogP contribution in [0, 0.1) is 23.7 Å². The van der Waals surface area contributed by atoms with Gasteiger partial charge in [-0.2, -0.15) is 0 Å². The van der Waals surface area contributed by atoms with Crippen molar-refractivity contribution in [1.29, 1.82) is 0 Å². The molecular weight excluding hydrogens is 332 g/mol. The summed E-state index contributed by atoms with van der Waals surface area (Å²) in [6, 6.07) is 8.96. The highest BCUT2D eigenvalue weighted by atomic mass is 16.6. The third-order valence-electron chi connectivity index (χ3n) is 3.29. The molecule has 0 heterocycles. The van der Waals surface area contributed by atoms with E-state index in [2.05, 4.69) is 10.4 Å². The van der Waals surface area contributed by atoms with Gasteiger partial charge in [-0.15, -0.1) is 9.81 Å². The Morgan fingerprint density at radius 3 is 1.44 bits per heavy atom. The summed E-state index contributed by atoms with van der Waals surface area (Å²) in [5.41, 5.74) is 0.453. The Labute approximate surface area is 142 Å². The van der Waals surface area contributed by atoms with Gasteiger partial charge < -0.3 is 15.7 Å². The second-order valence-corrected chi connectivity index (χ2v) is 4.80. The Balaban J connectivity index is 0.00000288. The molecule has 2 rings (SSSR count). The molecule has 0 aromatic heterocycles. The van der Waals surface area contributed by atoms with Crippen molar-refractivity contribution in [3.63, 3.8) is 0 Å². The van der Waals surface area contributed by atoms with Crippen molar-refractivity contribution in [3.05, 3.63) is 68.5 Å². The summed E-state index contributed by atoms with van der Waals surface area (Å²) in [4.78, 5) is 46.0. The van der Waals surface area contributed by atoms with Gasteiger partial charge in [0.05, 0.1) is 11.1 Å². The van der Waals surface area contributed by atoms with E-state index in [-0.39, 0.29) is 33.5 Å². The van der Waals surface area contributed by atoms with Crippen LogP contribution in [0.5, 0.6) is 0 Å². The molecule has 9 nitrogen and oxygen atoms in total. The molecule has 4 N–H and O–H groups in total. The molecule has 0 radical (unpaired) electrons. The number of benzene rings is 2. The molecular formula is C16H16N2O7. The van der Waals surface area contributed by atoms with E-state index in [1.54, 1.807) is 38.1 Å². The molecule has 9 heteroatoms. The van der Waals surface area contributed by atoms with Gasteiger partial charge in [0.15, 0.2) is 0 Å². The summed E-state index contributed by atoms with van der Waals surface area (Å²) >= 11 is 0. The van der Waals surface area contributed by atoms with Crippen LogP contribution in [-0.2, 0) is 4.74 Å². The largest absolute Gasteiger partial charge is 0.412 e. The Morgan fingerprint density at radius 1 is 0.760 bits per heavy atom. The molecule has 0 aliphatic carbocycles. The zero-order valence-electron chi connectivity index (χ0n) is 13.4. The number of aryl methyl sites for hydroxylation is 2. The molecule has 0 saturated heterocycles. The van der Waals surface area contributed by atoms with Crippen LogP contribution in [0.3, 0.4) is 0 Å². The first-order valence-corrected chi connectivity index (χ1v) is 6.62. The predicted octanol–water partition coefficient (Wildman–Crippen LogP) is 2.45. The Kier molecular flexibility index (Phi) is 7.91. The molecule has 0 saturated carbocycles. The van der Waals surface area contributed by atoms with E-state index in [1.165, 1.54) is 12.1 Å². The Morgan fingerprint density at radius 2 is 1.12 bits per heavy atom. The van der Waals surface area contributed by atoms with Gasteiger partial charge in [0.1, 0.15) is 11.4 Å². The number of hydrogen-bond acceptors (Lipinski definition) is 7. The third kappa shape index (κ3) is 4.37. The summed E-state index contributed by atoms with van der Waals surface area (Å²) in [7, 11) is 0. The fourth-order valence-corrected chi connectivity index (χ4v) is 2.17. The van der Waals surface area contributed by atoms with Crippen molar-refractivity contribution in [1.82, 2.24) is 0 Å². The topological polar surface area (TPSA) is 165 Å². The van der Waals surface area contributed by atoms with Gasteiger partial charge in [0.2, 0.25) is 0 Å². The van der Waals surface area contributed by atoms with Gasteiger partial charge in [-0.1, -0.05) is 24.3 Å². The van der Waals surface area contributed by atoms with Crippen molar-refractivity contribution in [2.24, 2.45) is 10.4 Å². The first-order chi connectivity index (χ1) is 11.0.